The van der Waals surface area contributed by atoms with Gasteiger partial charge in [0.25, 0.3) is 0 Å². The van der Waals surface area contributed by atoms with Crippen LogP contribution in [0, 0.1) is 6.92 Å². The van der Waals surface area contributed by atoms with E-state index < -0.39 is 0 Å². The highest BCUT2D eigenvalue weighted by Gasteiger charge is 2.28. The van der Waals surface area contributed by atoms with E-state index in [-0.39, 0.29) is 0 Å². The van der Waals surface area contributed by atoms with Gasteiger partial charge in [-0.3, -0.25) is 4.90 Å². The van der Waals surface area contributed by atoms with Crippen molar-refractivity contribution in [2.75, 3.05) is 13.7 Å². The van der Waals surface area contributed by atoms with Crippen molar-refractivity contribution in [3.8, 4) is 5.75 Å². The van der Waals surface area contributed by atoms with Crippen molar-refractivity contribution < 1.29 is 9.26 Å². The summed E-state index contributed by atoms with van der Waals surface area (Å²) in [7, 11) is 1.70. The molecule has 0 saturated carbocycles. The molecule has 2 aromatic heterocycles. The molecule has 0 aliphatic carbocycles. The van der Waals surface area contributed by atoms with Crippen LogP contribution >= 0.6 is 0 Å². The normalized spacial score (nSPS) is 17.7. The number of likely N-dealkylation sites (tertiary alicyclic amines) is 1. The lowest BCUT2D eigenvalue weighted by molar-refractivity contribution is 0.236. The third kappa shape index (κ3) is 3.48. The fourth-order valence-electron chi connectivity index (χ4n) is 3.67. The van der Waals surface area contributed by atoms with Gasteiger partial charge in [0.2, 0.25) is 0 Å². The Kier molecular flexibility index (Phi) is 4.71. The molecule has 4 rings (SSSR count). The molecule has 0 spiro atoms. The van der Waals surface area contributed by atoms with Gasteiger partial charge in [0.15, 0.2) is 0 Å². The van der Waals surface area contributed by atoms with Crippen molar-refractivity contribution in [3.63, 3.8) is 0 Å². The summed E-state index contributed by atoms with van der Waals surface area (Å²) in [6.45, 7) is 4.53. The molecule has 1 unspecified atom stereocenters. The predicted octanol–water partition coefficient (Wildman–Crippen LogP) is 2.97. The van der Waals surface area contributed by atoms with Gasteiger partial charge < -0.3 is 9.26 Å². The van der Waals surface area contributed by atoms with Crippen LogP contribution in [0.5, 0.6) is 5.75 Å². The van der Waals surface area contributed by atoms with Gasteiger partial charge in [0.1, 0.15) is 29.9 Å². The van der Waals surface area contributed by atoms with Gasteiger partial charge in [-0.05, 0) is 44.0 Å². The van der Waals surface area contributed by atoms with Gasteiger partial charge in [-0.2, -0.15) is 5.10 Å². The lowest BCUT2D eigenvalue weighted by Crippen LogP contribution is -2.23. The summed E-state index contributed by atoms with van der Waals surface area (Å²) in [4.78, 5) is 6.48. The molecule has 7 heteroatoms. The maximum Gasteiger partial charge on any atom is 0.137 e. The Bertz CT molecular complexity index is 859. The maximum absolute atomic E-state index is 5.51. The van der Waals surface area contributed by atoms with Gasteiger partial charge in [0, 0.05) is 18.2 Å². The van der Waals surface area contributed by atoms with E-state index in [1.165, 1.54) is 12.0 Å². The highest BCUT2D eigenvalue weighted by molar-refractivity contribution is 5.37. The molecule has 1 saturated heterocycles. The zero-order valence-corrected chi connectivity index (χ0v) is 15.1. The lowest BCUT2D eigenvalue weighted by Gasteiger charge is -2.23. The van der Waals surface area contributed by atoms with Crippen molar-refractivity contribution >= 4 is 0 Å². The third-order valence-corrected chi connectivity index (χ3v) is 4.88. The Morgan fingerprint density at radius 3 is 2.92 bits per heavy atom. The van der Waals surface area contributed by atoms with Crippen LogP contribution in [0.1, 0.15) is 41.5 Å². The number of aryl methyl sites for hydroxylation is 1. The Balaban J connectivity index is 1.54. The van der Waals surface area contributed by atoms with Gasteiger partial charge in [0.05, 0.1) is 19.7 Å². The molecule has 1 atom stereocenters. The summed E-state index contributed by atoms with van der Waals surface area (Å²) in [5.74, 6) is 1.74. The first-order valence-corrected chi connectivity index (χ1v) is 8.88. The van der Waals surface area contributed by atoms with E-state index in [9.17, 15) is 0 Å². The minimum Gasteiger partial charge on any atom is -0.496 e. The summed E-state index contributed by atoms with van der Waals surface area (Å²) in [5, 5.41) is 8.42. The molecule has 7 nitrogen and oxygen atoms in total. The summed E-state index contributed by atoms with van der Waals surface area (Å²) in [6, 6.07) is 8.74. The van der Waals surface area contributed by atoms with Crippen LogP contribution in [0.4, 0.5) is 0 Å². The maximum atomic E-state index is 5.51. The Morgan fingerprint density at radius 1 is 1.27 bits per heavy atom. The number of rotatable bonds is 6. The summed E-state index contributed by atoms with van der Waals surface area (Å²) >= 11 is 0. The summed E-state index contributed by atoms with van der Waals surface area (Å²) in [6.07, 6.45) is 5.56. The van der Waals surface area contributed by atoms with Crippen molar-refractivity contribution in [2.24, 2.45) is 0 Å². The number of aromatic nitrogens is 4. The highest BCUT2D eigenvalue weighted by atomic mass is 16.5. The van der Waals surface area contributed by atoms with Gasteiger partial charge in [-0.25, -0.2) is 9.67 Å². The van der Waals surface area contributed by atoms with E-state index in [0.29, 0.717) is 12.6 Å². The Hall–Kier alpha value is -2.67. The topological polar surface area (TPSA) is 69.2 Å². The second-order valence-electron chi connectivity index (χ2n) is 6.73. The van der Waals surface area contributed by atoms with E-state index in [4.69, 9.17) is 9.26 Å². The van der Waals surface area contributed by atoms with Crippen molar-refractivity contribution in [1.82, 2.24) is 24.8 Å². The largest absolute Gasteiger partial charge is 0.496 e. The zero-order valence-electron chi connectivity index (χ0n) is 15.1. The molecule has 136 valence electrons. The fraction of sp³-hybridized carbons (Fsp3) is 0.421. The SMILES string of the molecule is COc1ccc(CN2CCCC2c2cc(C)on2)cc1Cn1cncn1. The van der Waals surface area contributed by atoms with E-state index in [0.717, 1.165) is 42.3 Å². The minimum absolute atomic E-state index is 0.327. The third-order valence-electron chi connectivity index (χ3n) is 4.88. The molecule has 26 heavy (non-hydrogen) atoms. The lowest BCUT2D eigenvalue weighted by atomic mass is 10.1. The number of benzene rings is 1. The monoisotopic (exact) mass is 353 g/mol. The Labute approximate surface area is 152 Å². The molecule has 3 heterocycles. The van der Waals surface area contributed by atoms with Gasteiger partial charge >= 0.3 is 0 Å². The van der Waals surface area contributed by atoms with Crippen LogP contribution in [0.2, 0.25) is 0 Å². The molecule has 0 radical (unpaired) electrons. The van der Waals surface area contributed by atoms with Crippen LogP contribution in [-0.4, -0.2) is 38.5 Å². The van der Waals surface area contributed by atoms with Crippen LogP contribution in [0.25, 0.3) is 0 Å². The summed E-state index contributed by atoms with van der Waals surface area (Å²) < 4.78 is 12.6. The average molecular weight is 353 g/mol. The van der Waals surface area contributed by atoms with Crippen LogP contribution in [-0.2, 0) is 13.1 Å². The molecule has 0 bridgehead atoms. The van der Waals surface area contributed by atoms with Crippen molar-refractivity contribution in [1.29, 1.82) is 0 Å². The molecule has 1 fully saturated rings. The first kappa shape index (κ1) is 16.8. The van der Waals surface area contributed by atoms with E-state index >= 15 is 0 Å². The summed E-state index contributed by atoms with van der Waals surface area (Å²) in [5.41, 5.74) is 3.40. The molecular formula is C19H23N5O2. The van der Waals surface area contributed by atoms with Crippen LogP contribution in [0.15, 0.2) is 41.4 Å². The van der Waals surface area contributed by atoms with E-state index in [2.05, 4.69) is 32.3 Å². The number of hydrogen-bond acceptors (Lipinski definition) is 6. The minimum atomic E-state index is 0.327. The Morgan fingerprint density at radius 2 is 2.19 bits per heavy atom. The van der Waals surface area contributed by atoms with Gasteiger partial charge in [-0.15, -0.1) is 0 Å². The van der Waals surface area contributed by atoms with E-state index in [1.807, 2.05) is 19.1 Å². The molecule has 0 N–H and O–H groups in total. The number of nitrogens with zero attached hydrogens (tertiary/aromatic N) is 5. The van der Waals surface area contributed by atoms with E-state index in [1.54, 1.807) is 24.4 Å². The quantitative estimate of drug-likeness (QED) is 0.679. The molecule has 1 aliphatic rings. The highest BCUT2D eigenvalue weighted by Crippen LogP contribution is 2.33. The van der Waals surface area contributed by atoms with Crippen LogP contribution in [0.3, 0.4) is 0 Å². The zero-order chi connectivity index (χ0) is 17.9. The first-order chi connectivity index (χ1) is 12.7. The van der Waals surface area contributed by atoms with Crippen LogP contribution < -0.4 is 4.74 Å². The molecule has 0 amide bonds. The van der Waals surface area contributed by atoms with Gasteiger partial charge in [-0.1, -0.05) is 11.2 Å². The second-order valence-corrected chi connectivity index (χ2v) is 6.73. The smallest absolute Gasteiger partial charge is 0.137 e. The number of hydrogen-bond donors (Lipinski definition) is 0. The second kappa shape index (κ2) is 7.29. The average Bonchev–Trinajstić information content (AvgIpc) is 3.38. The standard InChI is InChI=1S/C19H23N5O2/c1-14-8-17(22-26-14)18-4-3-7-23(18)10-15-5-6-19(25-2)16(9-15)11-24-13-20-12-21-24/h5-6,8-9,12-13,18H,3-4,7,10-11H2,1-2H3. The number of methoxy groups -OCH3 is 1. The van der Waals surface area contributed by atoms with Crippen molar-refractivity contribution in [3.05, 3.63) is 59.5 Å². The predicted molar refractivity (Wildman–Crippen MR) is 95.7 cm³/mol. The van der Waals surface area contributed by atoms with Crippen molar-refractivity contribution in [2.45, 2.75) is 38.9 Å². The first-order valence-electron chi connectivity index (χ1n) is 8.88. The molecule has 1 aromatic carbocycles. The molecule has 1 aliphatic heterocycles. The number of ether oxygens (including phenoxy) is 1. The fourth-order valence-corrected chi connectivity index (χ4v) is 3.67. The molecular weight excluding hydrogens is 330 g/mol. The molecule has 3 aromatic rings.